The molecule has 0 spiro atoms. The maximum atomic E-state index is 9.23. The molecule has 0 bridgehead atoms. The zero-order valence-corrected chi connectivity index (χ0v) is 14.9. The summed E-state index contributed by atoms with van der Waals surface area (Å²) in [7, 11) is 0. The summed E-state index contributed by atoms with van der Waals surface area (Å²) in [5, 5.41) is 10.4. The zero-order valence-electron chi connectivity index (χ0n) is 14.1. The first-order valence-corrected chi connectivity index (χ1v) is 9.40. The van der Waals surface area contributed by atoms with Crippen LogP contribution in [0.4, 0.5) is 0 Å². The summed E-state index contributed by atoms with van der Waals surface area (Å²) in [6, 6.07) is 18.5. The number of thiazole rings is 1. The van der Waals surface area contributed by atoms with E-state index in [4.69, 9.17) is 4.98 Å². The Morgan fingerprint density at radius 2 is 1.60 bits per heavy atom. The Labute approximate surface area is 151 Å². The Balaban J connectivity index is 1.34. The average molecular weight is 348 g/mol. The lowest BCUT2D eigenvalue weighted by atomic mass is 10.1. The Morgan fingerprint density at radius 3 is 2.36 bits per heavy atom. The second kappa shape index (κ2) is 7.32. The van der Waals surface area contributed by atoms with E-state index in [9.17, 15) is 5.26 Å². The SMILES string of the molecule is N#Cc1ccccc1CN1CCN(Cc2nc3ccccc3s2)CC1. The number of benzene rings is 2. The summed E-state index contributed by atoms with van der Waals surface area (Å²) in [5.74, 6) is 0. The number of hydrogen-bond donors (Lipinski definition) is 0. The highest BCUT2D eigenvalue weighted by Crippen LogP contribution is 2.23. The fourth-order valence-corrected chi connectivity index (χ4v) is 4.30. The third kappa shape index (κ3) is 3.72. The molecule has 0 saturated carbocycles. The van der Waals surface area contributed by atoms with Crippen molar-refractivity contribution in [3.63, 3.8) is 0 Å². The van der Waals surface area contributed by atoms with Gasteiger partial charge in [-0.25, -0.2) is 4.98 Å². The maximum absolute atomic E-state index is 9.23. The van der Waals surface area contributed by atoms with Gasteiger partial charge in [-0.15, -0.1) is 11.3 Å². The predicted molar refractivity (Wildman–Crippen MR) is 101 cm³/mol. The van der Waals surface area contributed by atoms with Crippen LogP contribution in [0.5, 0.6) is 0 Å². The van der Waals surface area contributed by atoms with Crippen molar-refractivity contribution in [2.45, 2.75) is 13.1 Å². The van der Waals surface area contributed by atoms with Crippen LogP contribution in [-0.2, 0) is 13.1 Å². The molecule has 1 saturated heterocycles. The van der Waals surface area contributed by atoms with Gasteiger partial charge in [0.15, 0.2) is 0 Å². The third-order valence-electron chi connectivity index (χ3n) is 4.69. The van der Waals surface area contributed by atoms with E-state index in [1.54, 1.807) is 11.3 Å². The van der Waals surface area contributed by atoms with Gasteiger partial charge < -0.3 is 0 Å². The second-order valence-corrected chi connectivity index (χ2v) is 7.51. The van der Waals surface area contributed by atoms with Crippen molar-refractivity contribution in [1.82, 2.24) is 14.8 Å². The van der Waals surface area contributed by atoms with Crippen molar-refractivity contribution in [1.29, 1.82) is 5.26 Å². The van der Waals surface area contributed by atoms with E-state index in [-0.39, 0.29) is 0 Å². The molecule has 126 valence electrons. The molecule has 4 nitrogen and oxygen atoms in total. The standard InChI is InChI=1S/C20H20N4S/c21-13-16-5-1-2-6-17(16)14-23-9-11-24(12-10-23)15-20-22-18-7-3-4-8-19(18)25-20/h1-8H,9-12,14-15H2. The lowest BCUT2D eigenvalue weighted by Crippen LogP contribution is -2.45. The van der Waals surface area contributed by atoms with E-state index in [1.807, 2.05) is 24.3 Å². The summed E-state index contributed by atoms with van der Waals surface area (Å²) in [4.78, 5) is 9.66. The normalized spacial score (nSPS) is 16.1. The molecule has 4 rings (SSSR count). The molecule has 5 heteroatoms. The molecular formula is C20H20N4S. The van der Waals surface area contributed by atoms with Gasteiger partial charge in [0.1, 0.15) is 5.01 Å². The Hall–Kier alpha value is -2.26. The minimum Gasteiger partial charge on any atom is -0.296 e. The summed E-state index contributed by atoms with van der Waals surface area (Å²) in [6.45, 7) is 5.95. The molecule has 2 aromatic carbocycles. The third-order valence-corrected chi connectivity index (χ3v) is 5.71. The van der Waals surface area contributed by atoms with Crippen molar-refractivity contribution in [2.24, 2.45) is 0 Å². The minimum atomic E-state index is 0.791. The lowest BCUT2D eigenvalue weighted by molar-refractivity contribution is 0.122. The fraction of sp³-hybridized carbons (Fsp3) is 0.300. The van der Waals surface area contributed by atoms with Gasteiger partial charge in [0, 0.05) is 32.7 Å². The predicted octanol–water partition coefficient (Wildman–Crippen LogP) is 3.49. The van der Waals surface area contributed by atoms with Crippen LogP contribution in [0.2, 0.25) is 0 Å². The number of hydrogen-bond acceptors (Lipinski definition) is 5. The fourth-order valence-electron chi connectivity index (χ4n) is 3.29. The van der Waals surface area contributed by atoms with Gasteiger partial charge >= 0.3 is 0 Å². The smallest absolute Gasteiger partial charge is 0.108 e. The largest absolute Gasteiger partial charge is 0.296 e. The van der Waals surface area contributed by atoms with Crippen molar-refractivity contribution in [2.75, 3.05) is 26.2 Å². The average Bonchev–Trinajstić information content (AvgIpc) is 3.06. The van der Waals surface area contributed by atoms with Crippen LogP contribution in [0, 0.1) is 11.3 Å². The van der Waals surface area contributed by atoms with Gasteiger partial charge in [-0.2, -0.15) is 5.26 Å². The van der Waals surface area contributed by atoms with Crippen LogP contribution in [0.15, 0.2) is 48.5 Å². The molecule has 1 aliphatic rings. The van der Waals surface area contributed by atoms with E-state index in [0.29, 0.717) is 0 Å². The summed E-state index contributed by atoms with van der Waals surface area (Å²) in [6.07, 6.45) is 0. The summed E-state index contributed by atoms with van der Waals surface area (Å²) >= 11 is 1.80. The molecule has 1 aliphatic heterocycles. The van der Waals surface area contributed by atoms with Crippen molar-refractivity contribution >= 4 is 21.6 Å². The first kappa shape index (κ1) is 16.2. The van der Waals surface area contributed by atoms with Gasteiger partial charge in [0.25, 0.3) is 0 Å². The molecule has 25 heavy (non-hydrogen) atoms. The maximum Gasteiger partial charge on any atom is 0.108 e. The molecule has 0 radical (unpaired) electrons. The van der Waals surface area contributed by atoms with Crippen LogP contribution in [0.1, 0.15) is 16.1 Å². The van der Waals surface area contributed by atoms with Crippen LogP contribution >= 0.6 is 11.3 Å². The van der Waals surface area contributed by atoms with Gasteiger partial charge in [0.05, 0.1) is 28.4 Å². The molecule has 0 N–H and O–H groups in total. The zero-order chi connectivity index (χ0) is 17.1. The van der Waals surface area contributed by atoms with E-state index >= 15 is 0 Å². The van der Waals surface area contributed by atoms with Crippen LogP contribution in [-0.4, -0.2) is 41.0 Å². The Morgan fingerprint density at radius 1 is 0.920 bits per heavy atom. The van der Waals surface area contributed by atoms with Crippen molar-refractivity contribution in [3.8, 4) is 6.07 Å². The second-order valence-electron chi connectivity index (χ2n) is 6.40. The molecule has 2 heterocycles. The molecule has 1 fully saturated rings. The molecule has 0 unspecified atom stereocenters. The van der Waals surface area contributed by atoms with Gasteiger partial charge in [-0.05, 0) is 23.8 Å². The molecule has 0 aliphatic carbocycles. The Kier molecular flexibility index (Phi) is 4.75. The van der Waals surface area contributed by atoms with E-state index in [1.165, 1.54) is 9.71 Å². The van der Waals surface area contributed by atoms with Crippen LogP contribution in [0.25, 0.3) is 10.2 Å². The molecular weight excluding hydrogens is 328 g/mol. The summed E-state index contributed by atoms with van der Waals surface area (Å²) < 4.78 is 1.27. The molecule has 0 atom stereocenters. The van der Waals surface area contributed by atoms with Crippen LogP contribution in [0.3, 0.4) is 0 Å². The number of nitrogens with zero attached hydrogens (tertiary/aromatic N) is 4. The molecule has 1 aromatic heterocycles. The highest BCUT2D eigenvalue weighted by molar-refractivity contribution is 7.18. The quantitative estimate of drug-likeness (QED) is 0.724. The van der Waals surface area contributed by atoms with Crippen molar-refractivity contribution in [3.05, 3.63) is 64.7 Å². The van der Waals surface area contributed by atoms with Crippen LogP contribution < -0.4 is 0 Å². The van der Waals surface area contributed by atoms with Gasteiger partial charge in [0.2, 0.25) is 0 Å². The number of fused-ring (bicyclic) bond motifs is 1. The summed E-state index contributed by atoms with van der Waals surface area (Å²) in [5.41, 5.74) is 3.03. The number of nitriles is 1. The van der Waals surface area contributed by atoms with Gasteiger partial charge in [-0.1, -0.05) is 30.3 Å². The first-order valence-electron chi connectivity index (χ1n) is 8.59. The molecule has 3 aromatic rings. The van der Waals surface area contributed by atoms with Crippen molar-refractivity contribution < 1.29 is 0 Å². The topological polar surface area (TPSA) is 43.2 Å². The van der Waals surface area contributed by atoms with Gasteiger partial charge in [-0.3, -0.25) is 9.80 Å². The number of para-hydroxylation sites is 1. The minimum absolute atomic E-state index is 0.791. The van der Waals surface area contributed by atoms with E-state index in [2.05, 4.69) is 40.1 Å². The first-order chi connectivity index (χ1) is 12.3. The van der Waals surface area contributed by atoms with E-state index in [0.717, 1.165) is 55.9 Å². The van der Waals surface area contributed by atoms with E-state index < -0.39 is 0 Å². The number of rotatable bonds is 4. The Bertz CT molecular complexity index is 870. The highest BCUT2D eigenvalue weighted by Gasteiger charge is 2.19. The highest BCUT2D eigenvalue weighted by atomic mass is 32.1. The number of piperazine rings is 1. The number of aromatic nitrogens is 1. The molecule has 0 amide bonds. The lowest BCUT2D eigenvalue weighted by Gasteiger charge is -2.34. The monoisotopic (exact) mass is 348 g/mol.